The molecule has 1 heterocycles. The maximum atomic E-state index is 12.3. The highest BCUT2D eigenvalue weighted by Gasteiger charge is 2.40. The zero-order valence-electron chi connectivity index (χ0n) is 14.9. The van der Waals surface area contributed by atoms with Gasteiger partial charge in [0.2, 0.25) is 5.91 Å². The standard InChI is InChI=1S/C20H22N2O5/c23-17(22-11-8-20(27,9-12-22)19(25)26)7-10-21-18(24)16-6-5-14-3-1-2-4-15(14)13-16/h1-6,13,27H,7-12H2,(H,21,24)(H,25,26). The number of carboxylic acid groups (broad SMARTS) is 1. The smallest absolute Gasteiger partial charge is 0.335 e. The van der Waals surface area contributed by atoms with Crippen molar-refractivity contribution >= 4 is 28.6 Å². The number of aliphatic carboxylic acids is 1. The normalized spacial score (nSPS) is 16.1. The minimum atomic E-state index is -1.75. The van der Waals surface area contributed by atoms with Crippen molar-refractivity contribution in [2.45, 2.75) is 24.9 Å². The summed E-state index contributed by atoms with van der Waals surface area (Å²) in [5.74, 6) is -1.66. The summed E-state index contributed by atoms with van der Waals surface area (Å²) in [6.45, 7) is 0.588. The van der Waals surface area contributed by atoms with Crippen molar-refractivity contribution in [3.63, 3.8) is 0 Å². The molecular weight excluding hydrogens is 348 g/mol. The number of hydrogen-bond acceptors (Lipinski definition) is 4. The second-order valence-corrected chi connectivity index (χ2v) is 6.79. The number of rotatable bonds is 5. The Morgan fingerprint density at radius 2 is 1.70 bits per heavy atom. The van der Waals surface area contributed by atoms with Crippen LogP contribution in [0.2, 0.25) is 0 Å². The molecule has 27 heavy (non-hydrogen) atoms. The van der Waals surface area contributed by atoms with Gasteiger partial charge in [-0.2, -0.15) is 0 Å². The summed E-state index contributed by atoms with van der Waals surface area (Å²) < 4.78 is 0. The molecule has 0 aromatic heterocycles. The van der Waals surface area contributed by atoms with E-state index in [1.807, 2.05) is 36.4 Å². The molecule has 1 aliphatic heterocycles. The summed E-state index contributed by atoms with van der Waals surface area (Å²) in [6, 6.07) is 13.2. The van der Waals surface area contributed by atoms with Crippen molar-refractivity contribution in [1.82, 2.24) is 10.2 Å². The molecule has 0 unspecified atom stereocenters. The molecule has 7 heteroatoms. The van der Waals surface area contributed by atoms with E-state index in [0.29, 0.717) is 5.56 Å². The van der Waals surface area contributed by atoms with Gasteiger partial charge in [0.25, 0.3) is 5.91 Å². The Hall–Kier alpha value is -2.93. The second-order valence-electron chi connectivity index (χ2n) is 6.79. The Balaban J connectivity index is 1.48. The van der Waals surface area contributed by atoms with Crippen LogP contribution in [0.5, 0.6) is 0 Å². The number of aliphatic hydroxyl groups is 1. The van der Waals surface area contributed by atoms with E-state index < -0.39 is 11.6 Å². The maximum absolute atomic E-state index is 12.3. The summed E-state index contributed by atoms with van der Waals surface area (Å²) in [5.41, 5.74) is -1.22. The minimum Gasteiger partial charge on any atom is -0.479 e. The van der Waals surface area contributed by atoms with Crippen molar-refractivity contribution in [1.29, 1.82) is 0 Å². The second kappa shape index (κ2) is 7.75. The highest BCUT2D eigenvalue weighted by atomic mass is 16.4. The van der Waals surface area contributed by atoms with Crippen LogP contribution in [0.3, 0.4) is 0 Å². The Kier molecular flexibility index (Phi) is 5.41. The third kappa shape index (κ3) is 4.25. The fraction of sp³-hybridized carbons (Fsp3) is 0.350. The monoisotopic (exact) mass is 370 g/mol. The summed E-state index contributed by atoms with van der Waals surface area (Å²) in [5, 5.41) is 23.7. The molecular formula is C20H22N2O5. The van der Waals surface area contributed by atoms with E-state index in [4.69, 9.17) is 5.11 Å². The SMILES string of the molecule is O=C(NCCC(=O)N1CCC(O)(C(=O)O)CC1)c1ccc2ccccc2c1. The van der Waals surface area contributed by atoms with Gasteiger partial charge in [-0.3, -0.25) is 9.59 Å². The summed E-state index contributed by atoms with van der Waals surface area (Å²) in [6.07, 6.45) is 0.153. The average Bonchev–Trinajstić information content (AvgIpc) is 2.67. The molecule has 3 N–H and O–H groups in total. The number of nitrogens with one attached hydrogen (secondary N) is 1. The van der Waals surface area contributed by atoms with E-state index in [2.05, 4.69) is 5.32 Å². The first-order valence-corrected chi connectivity index (χ1v) is 8.90. The molecule has 1 saturated heterocycles. The number of carbonyl (C=O) groups excluding carboxylic acids is 2. The van der Waals surface area contributed by atoms with Crippen LogP contribution >= 0.6 is 0 Å². The molecule has 1 aliphatic rings. The Morgan fingerprint density at radius 3 is 2.37 bits per heavy atom. The first-order valence-electron chi connectivity index (χ1n) is 8.90. The highest BCUT2D eigenvalue weighted by Crippen LogP contribution is 2.22. The van der Waals surface area contributed by atoms with Crippen LogP contribution < -0.4 is 5.32 Å². The highest BCUT2D eigenvalue weighted by molar-refractivity contribution is 5.98. The molecule has 0 radical (unpaired) electrons. The van der Waals surface area contributed by atoms with Gasteiger partial charge in [0.1, 0.15) is 0 Å². The molecule has 142 valence electrons. The average molecular weight is 370 g/mol. The van der Waals surface area contributed by atoms with Crippen molar-refractivity contribution in [2.75, 3.05) is 19.6 Å². The minimum absolute atomic E-state index is 0.0114. The zero-order valence-corrected chi connectivity index (χ0v) is 14.9. The number of carboxylic acids is 1. The maximum Gasteiger partial charge on any atom is 0.335 e. The lowest BCUT2D eigenvalue weighted by atomic mass is 9.91. The number of amides is 2. The van der Waals surface area contributed by atoms with Gasteiger partial charge in [-0.1, -0.05) is 30.3 Å². The molecule has 0 saturated carbocycles. The van der Waals surface area contributed by atoms with Crippen LogP contribution in [0.15, 0.2) is 42.5 Å². The number of fused-ring (bicyclic) bond motifs is 1. The molecule has 1 fully saturated rings. The molecule has 0 aliphatic carbocycles. The predicted octanol–water partition coefficient (Wildman–Crippen LogP) is 1.40. The molecule has 0 spiro atoms. The number of piperidine rings is 1. The van der Waals surface area contributed by atoms with Crippen LogP contribution in [-0.4, -0.2) is 58.1 Å². The van der Waals surface area contributed by atoms with Crippen molar-refractivity contribution in [3.05, 3.63) is 48.0 Å². The van der Waals surface area contributed by atoms with Gasteiger partial charge in [-0.05, 0) is 22.9 Å². The molecule has 0 atom stereocenters. The quantitative estimate of drug-likeness (QED) is 0.737. The molecule has 0 bridgehead atoms. The lowest BCUT2D eigenvalue weighted by Gasteiger charge is -2.35. The number of benzene rings is 2. The predicted molar refractivity (Wildman–Crippen MR) is 99.3 cm³/mol. The lowest BCUT2D eigenvalue weighted by Crippen LogP contribution is -2.51. The van der Waals surface area contributed by atoms with Crippen LogP contribution in [-0.2, 0) is 9.59 Å². The Morgan fingerprint density at radius 1 is 1.04 bits per heavy atom. The Labute approximate surface area is 156 Å². The van der Waals surface area contributed by atoms with Crippen LogP contribution in [0.4, 0.5) is 0 Å². The molecule has 2 amide bonds. The fourth-order valence-electron chi connectivity index (χ4n) is 3.21. The van der Waals surface area contributed by atoms with Gasteiger partial charge in [-0.25, -0.2) is 4.79 Å². The van der Waals surface area contributed by atoms with Crippen molar-refractivity contribution < 1.29 is 24.6 Å². The van der Waals surface area contributed by atoms with Gasteiger partial charge in [0.15, 0.2) is 5.60 Å². The largest absolute Gasteiger partial charge is 0.479 e. The van der Waals surface area contributed by atoms with Gasteiger partial charge in [0, 0.05) is 44.5 Å². The molecule has 3 rings (SSSR count). The van der Waals surface area contributed by atoms with Crippen molar-refractivity contribution in [2.24, 2.45) is 0 Å². The lowest BCUT2D eigenvalue weighted by molar-refractivity contribution is -0.165. The van der Waals surface area contributed by atoms with Crippen LogP contribution in [0, 0.1) is 0 Å². The zero-order chi connectivity index (χ0) is 19.4. The molecule has 2 aromatic rings. The number of likely N-dealkylation sites (tertiary alicyclic amines) is 1. The third-order valence-electron chi connectivity index (χ3n) is 4.98. The van der Waals surface area contributed by atoms with Gasteiger partial charge < -0.3 is 20.4 Å². The van der Waals surface area contributed by atoms with E-state index in [-0.39, 0.29) is 50.7 Å². The number of carbonyl (C=O) groups is 3. The number of hydrogen-bond donors (Lipinski definition) is 3. The summed E-state index contributed by atoms with van der Waals surface area (Å²) >= 11 is 0. The van der Waals surface area contributed by atoms with Crippen molar-refractivity contribution in [3.8, 4) is 0 Å². The number of nitrogens with zero attached hydrogens (tertiary/aromatic N) is 1. The molecule has 7 nitrogen and oxygen atoms in total. The van der Waals surface area contributed by atoms with E-state index in [9.17, 15) is 19.5 Å². The van der Waals surface area contributed by atoms with Gasteiger partial charge in [0.05, 0.1) is 0 Å². The third-order valence-corrected chi connectivity index (χ3v) is 4.98. The summed E-state index contributed by atoms with van der Waals surface area (Å²) in [4.78, 5) is 37.0. The molecule has 2 aromatic carbocycles. The Bertz CT molecular complexity index is 872. The topological polar surface area (TPSA) is 107 Å². The van der Waals surface area contributed by atoms with Crippen LogP contribution in [0.25, 0.3) is 10.8 Å². The van der Waals surface area contributed by atoms with Gasteiger partial charge >= 0.3 is 5.97 Å². The van der Waals surface area contributed by atoms with Gasteiger partial charge in [-0.15, -0.1) is 0 Å². The van der Waals surface area contributed by atoms with Crippen LogP contribution in [0.1, 0.15) is 29.6 Å². The first-order chi connectivity index (χ1) is 12.9. The fourth-order valence-corrected chi connectivity index (χ4v) is 3.21. The first kappa shape index (κ1) is 18.8. The van der Waals surface area contributed by atoms with E-state index in [1.54, 1.807) is 6.07 Å². The van der Waals surface area contributed by atoms with E-state index >= 15 is 0 Å². The van der Waals surface area contributed by atoms with E-state index in [1.165, 1.54) is 4.90 Å². The van der Waals surface area contributed by atoms with E-state index in [0.717, 1.165) is 10.8 Å². The summed E-state index contributed by atoms with van der Waals surface area (Å²) in [7, 11) is 0.